The number of H-pyrrole nitrogens is 3. The van der Waals surface area contributed by atoms with E-state index in [1.807, 2.05) is 36.8 Å². The van der Waals surface area contributed by atoms with E-state index in [1.165, 1.54) is 0 Å². The van der Waals surface area contributed by atoms with Crippen molar-refractivity contribution in [2.45, 2.75) is 0 Å². The van der Waals surface area contributed by atoms with Crippen LogP contribution < -0.4 is 0 Å². The molecule has 0 fully saturated rings. The molecule has 0 aliphatic rings. The van der Waals surface area contributed by atoms with E-state index < -0.39 is 0 Å². The SMILES string of the molecule is c1c[nH]c(-c2[nH]ccc2-c2ncc[nH]2)c1. The summed E-state index contributed by atoms with van der Waals surface area (Å²) in [5.41, 5.74) is 3.18. The van der Waals surface area contributed by atoms with Crippen molar-refractivity contribution in [1.82, 2.24) is 19.9 Å². The quantitative estimate of drug-likeness (QED) is 0.581. The molecule has 0 aliphatic carbocycles. The molecule has 3 aromatic rings. The van der Waals surface area contributed by atoms with Gasteiger partial charge in [-0.3, -0.25) is 0 Å². The zero-order valence-electron chi connectivity index (χ0n) is 7.99. The summed E-state index contributed by atoms with van der Waals surface area (Å²) in [5, 5.41) is 0. The van der Waals surface area contributed by atoms with Gasteiger partial charge in [0.25, 0.3) is 0 Å². The standard InChI is InChI=1S/C11H10N4/c1-2-9(12-4-1)10-8(3-5-13-10)11-14-6-7-15-11/h1-7,12-13H,(H,14,15). The van der Waals surface area contributed by atoms with E-state index in [4.69, 9.17) is 0 Å². The highest BCUT2D eigenvalue weighted by atomic mass is 14.9. The van der Waals surface area contributed by atoms with Crippen molar-refractivity contribution in [2.75, 3.05) is 0 Å². The normalized spacial score (nSPS) is 10.7. The number of hydrogen-bond donors (Lipinski definition) is 3. The molecule has 0 bridgehead atoms. The van der Waals surface area contributed by atoms with Crippen LogP contribution in [-0.4, -0.2) is 19.9 Å². The van der Waals surface area contributed by atoms with E-state index in [-0.39, 0.29) is 0 Å². The van der Waals surface area contributed by atoms with Crippen LogP contribution in [-0.2, 0) is 0 Å². The van der Waals surface area contributed by atoms with Crippen LogP contribution in [0.1, 0.15) is 0 Å². The Morgan fingerprint density at radius 1 is 0.933 bits per heavy atom. The van der Waals surface area contributed by atoms with E-state index in [0.29, 0.717) is 0 Å². The lowest BCUT2D eigenvalue weighted by Gasteiger charge is -1.98. The number of nitrogens with one attached hydrogen (secondary N) is 3. The predicted molar refractivity (Wildman–Crippen MR) is 58.2 cm³/mol. The maximum atomic E-state index is 4.24. The highest BCUT2D eigenvalue weighted by molar-refractivity contribution is 5.75. The molecule has 0 atom stereocenters. The molecule has 0 aliphatic heterocycles. The Labute approximate surface area is 86.4 Å². The molecule has 3 aromatic heterocycles. The molecule has 3 rings (SSSR count). The Morgan fingerprint density at radius 2 is 1.93 bits per heavy atom. The summed E-state index contributed by atoms with van der Waals surface area (Å²) >= 11 is 0. The number of nitrogens with zero attached hydrogens (tertiary/aromatic N) is 1. The van der Waals surface area contributed by atoms with E-state index in [9.17, 15) is 0 Å². The van der Waals surface area contributed by atoms with Gasteiger partial charge in [-0.15, -0.1) is 0 Å². The highest BCUT2D eigenvalue weighted by Crippen LogP contribution is 2.27. The van der Waals surface area contributed by atoms with E-state index >= 15 is 0 Å². The maximum absolute atomic E-state index is 4.24. The van der Waals surface area contributed by atoms with Crippen LogP contribution in [0.5, 0.6) is 0 Å². The summed E-state index contributed by atoms with van der Waals surface area (Å²) in [5.74, 6) is 0.876. The fourth-order valence-corrected chi connectivity index (χ4v) is 1.69. The van der Waals surface area contributed by atoms with Crippen LogP contribution in [0, 0.1) is 0 Å². The molecule has 4 heteroatoms. The zero-order valence-corrected chi connectivity index (χ0v) is 7.99. The molecule has 74 valence electrons. The molecule has 0 saturated carbocycles. The van der Waals surface area contributed by atoms with Crippen molar-refractivity contribution >= 4 is 0 Å². The summed E-state index contributed by atoms with van der Waals surface area (Å²) < 4.78 is 0. The third-order valence-corrected chi connectivity index (χ3v) is 2.37. The number of aromatic nitrogens is 4. The largest absolute Gasteiger partial charge is 0.360 e. The maximum Gasteiger partial charge on any atom is 0.139 e. The smallest absolute Gasteiger partial charge is 0.139 e. The third-order valence-electron chi connectivity index (χ3n) is 2.37. The minimum atomic E-state index is 0.876. The monoisotopic (exact) mass is 198 g/mol. The van der Waals surface area contributed by atoms with Gasteiger partial charge in [0, 0.05) is 30.4 Å². The van der Waals surface area contributed by atoms with Gasteiger partial charge in [-0.25, -0.2) is 4.98 Å². The molecule has 0 spiro atoms. The molecule has 15 heavy (non-hydrogen) atoms. The number of imidazole rings is 1. The van der Waals surface area contributed by atoms with Crippen molar-refractivity contribution < 1.29 is 0 Å². The minimum Gasteiger partial charge on any atom is -0.360 e. The first kappa shape index (κ1) is 8.11. The summed E-state index contributed by atoms with van der Waals surface area (Å²) in [6.07, 6.45) is 7.39. The highest BCUT2D eigenvalue weighted by Gasteiger charge is 2.10. The van der Waals surface area contributed by atoms with Gasteiger partial charge in [0.2, 0.25) is 0 Å². The fourth-order valence-electron chi connectivity index (χ4n) is 1.69. The second-order valence-electron chi connectivity index (χ2n) is 3.29. The van der Waals surface area contributed by atoms with E-state index in [2.05, 4.69) is 19.9 Å². The predicted octanol–water partition coefficient (Wildman–Crippen LogP) is 2.40. The summed E-state index contributed by atoms with van der Waals surface area (Å²) in [7, 11) is 0. The Bertz CT molecular complexity index is 482. The number of hydrogen-bond acceptors (Lipinski definition) is 1. The Balaban J connectivity index is 2.15. The van der Waals surface area contributed by atoms with Crippen LogP contribution in [0.3, 0.4) is 0 Å². The lowest BCUT2D eigenvalue weighted by Crippen LogP contribution is -1.83. The molecule has 3 N–H and O–H groups in total. The van der Waals surface area contributed by atoms with E-state index in [0.717, 1.165) is 22.8 Å². The lowest BCUT2D eigenvalue weighted by molar-refractivity contribution is 1.29. The first-order valence-electron chi connectivity index (χ1n) is 4.76. The second-order valence-corrected chi connectivity index (χ2v) is 3.29. The first-order chi connectivity index (χ1) is 7.45. The van der Waals surface area contributed by atoms with Gasteiger partial charge in [-0.1, -0.05) is 0 Å². The second kappa shape index (κ2) is 3.16. The average Bonchev–Trinajstić information content (AvgIpc) is 3.01. The molecule has 3 heterocycles. The van der Waals surface area contributed by atoms with Crippen molar-refractivity contribution in [3.63, 3.8) is 0 Å². The number of aromatic amines is 3. The van der Waals surface area contributed by atoms with Crippen LogP contribution in [0.25, 0.3) is 22.8 Å². The van der Waals surface area contributed by atoms with Gasteiger partial charge in [-0.05, 0) is 18.2 Å². The average molecular weight is 198 g/mol. The van der Waals surface area contributed by atoms with E-state index in [1.54, 1.807) is 6.20 Å². The van der Waals surface area contributed by atoms with Gasteiger partial charge < -0.3 is 15.0 Å². The van der Waals surface area contributed by atoms with Gasteiger partial charge >= 0.3 is 0 Å². The molecule has 0 aromatic carbocycles. The first-order valence-corrected chi connectivity index (χ1v) is 4.76. The lowest BCUT2D eigenvalue weighted by atomic mass is 10.2. The molecular weight excluding hydrogens is 188 g/mol. The Kier molecular flexibility index (Phi) is 1.71. The van der Waals surface area contributed by atoms with Gasteiger partial charge in [0.1, 0.15) is 5.82 Å². The Morgan fingerprint density at radius 3 is 2.67 bits per heavy atom. The molecular formula is C11H10N4. The van der Waals surface area contributed by atoms with Crippen LogP contribution in [0.15, 0.2) is 43.0 Å². The van der Waals surface area contributed by atoms with Gasteiger partial charge in [0.15, 0.2) is 0 Å². The molecule has 0 amide bonds. The van der Waals surface area contributed by atoms with Gasteiger partial charge in [0.05, 0.1) is 11.4 Å². The van der Waals surface area contributed by atoms with Gasteiger partial charge in [-0.2, -0.15) is 0 Å². The number of rotatable bonds is 2. The molecule has 0 unspecified atom stereocenters. The Hall–Kier alpha value is -2.23. The minimum absolute atomic E-state index is 0.876. The summed E-state index contributed by atoms with van der Waals surface area (Å²) in [4.78, 5) is 13.7. The van der Waals surface area contributed by atoms with Crippen LogP contribution in [0.2, 0.25) is 0 Å². The zero-order chi connectivity index (χ0) is 10.1. The summed E-state index contributed by atoms with van der Waals surface area (Å²) in [6, 6.07) is 6.01. The molecule has 0 radical (unpaired) electrons. The van der Waals surface area contributed by atoms with Crippen molar-refractivity contribution in [2.24, 2.45) is 0 Å². The fraction of sp³-hybridized carbons (Fsp3) is 0. The van der Waals surface area contributed by atoms with Crippen molar-refractivity contribution in [3.05, 3.63) is 43.0 Å². The van der Waals surface area contributed by atoms with Crippen molar-refractivity contribution in [3.8, 4) is 22.8 Å². The third kappa shape index (κ3) is 1.27. The van der Waals surface area contributed by atoms with Crippen LogP contribution >= 0.6 is 0 Å². The van der Waals surface area contributed by atoms with Crippen LogP contribution in [0.4, 0.5) is 0 Å². The van der Waals surface area contributed by atoms with Crippen molar-refractivity contribution in [1.29, 1.82) is 0 Å². The summed E-state index contributed by atoms with van der Waals surface area (Å²) in [6.45, 7) is 0. The molecule has 0 saturated heterocycles. The molecule has 4 nitrogen and oxygen atoms in total. The topological polar surface area (TPSA) is 60.3 Å².